The molecule has 0 unspecified atom stereocenters. The van der Waals surface area contributed by atoms with E-state index in [1.54, 1.807) is 6.08 Å². The van der Waals surface area contributed by atoms with E-state index in [0.717, 1.165) is 49.4 Å². The van der Waals surface area contributed by atoms with Gasteiger partial charge in [0, 0.05) is 18.7 Å². The highest BCUT2D eigenvalue weighted by Crippen LogP contribution is 2.35. The van der Waals surface area contributed by atoms with Gasteiger partial charge in [0.15, 0.2) is 0 Å². The van der Waals surface area contributed by atoms with Crippen molar-refractivity contribution in [3.8, 4) is 0 Å². The van der Waals surface area contributed by atoms with E-state index >= 15 is 0 Å². The topological polar surface area (TPSA) is 108 Å². The standard InChI is InChI=1S/C17H25N3O5/c21-14-11-17(16(24)20(14)9-1-2-15(22)23)10-13(19-25-17)4-3-12-5-7-18-8-6-12/h10,12,18-19H,1-9,11H2,(H,22,23)/t17-/m1/s1. The minimum atomic E-state index is -1.25. The first-order valence-corrected chi connectivity index (χ1v) is 8.93. The highest BCUT2D eigenvalue weighted by Gasteiger charge is 2.54. The molecule has 1 atom stereocenters. The van der Waals surface area contributed by atoms with Crippen molar-refractivity contribution in [2.75, 3.05) is 19.6 Å². The molecule has 8 nitrogen and oxygen atoms in total. The molecule has 0 bridgehead atoms. The second-order valence-electron chi connectivity index (χ2n) is 7.02. The molecule has 0 aromatic carbocycles. The number of carbonyl (C=O) groups is 3. The maximum Gasteiger partial charge on any atom is 0.303 e. The summed E-state index contributed by atoms with van der Waals surface area (Å²) in [6.07, 6.45) is 6.05. The first-order chi connectivity index (χ1) is 12.0. The van der Waals surface area contributed by atoms with Gasteiger partial charge in [-0.2, -0.15) is 0 Å². The van der Waals surface area contributed by atoms with Crippen molar-refractivity contribution in [2.24, 2.45) is 5.92 Å². The Balaban J connectivity index is 1.56. The predicted octanol–water partition coefficient (Wildman–Crippen LogP) is 0.547. The Hall–Kier alpha value is -1.93. The number of hydroxylamine groups is 1. The van der Waals surface area contributed by atoms with Crippen LogP contribution in [-0.4, -0.2) is 53.0 Å². The van der Waals surface area contributed by atoms with Gasteiger partial charge in [-0.15, -0.1) is 0 Å². The first kappa shape index (κ1) is 17.9. The third kappa shape index (κ3) is 4.01. The zero-order valence-electron chi connectivity index (χ0n) is 14.3. The SMILES string of the molecule is O=C(O)CCCN1C(=O)C[C@]2(C=C(CCC3CCNCC3)NO2)C1=O. The number of carbonyl (C=O) groups excluding carboxylic acids is 2. The third-order valence-electron chi connectivity index (χ3n) is 5.15. The number of nitrogens with one attached hydrogen (secondary N) is 2. The van der Waals surface area contributed by atoms with Gasteiger partial charge in [-0.3, -0.25) is 29.6 Å². The van der Waals surface area contributed by atoms with E-state index < -0.39 is 17.5 Å². The summed E-state index contributed by atoms with van der Waals surface area (Å²) < 4.78 is 0. The van der Waals surface area contributed by atoms with Crippen LogP contribution in [0, 0.1) is 5.92 Å². The van der Waals surface area contributed by atoms with E-state index in [0.29, 0.717) is 5.92 Å². The molecule has 0 aromatic rings. The van der Waals surface area contributed by atoms with Gasteiger partial charge in [-0.1, -0.05) is 0 Å². The molecular formula is C17H25N3O5. The minimum absolute atomic E-state index is 0.0250. The molecule has 2 amide bonds. The van der Waals surface area contributed by atoms with Crippen LogP contribution in [0.25, 0.3) is 0 Å². The first-order valence-electron chi connectivity index (χ1n) is 8.93. The molecule has 2 saturated heterocycles. The van der Waals surface area contributed by atoms with Crippen LogP contribution in [0.5, 0.6) is 0 Å². The van der Waals surface area contributed by atoms with Crippen molar-refractivity contribution in [1.82, 2.24) is 15.7 Å². The Morgan fingerprint density at radius 1 is 1.36 bits per heavy atom. The summed E-state index contributed by atoms with van der Waals surface area (Å²) in [4.78, 5) is 42.0. The number of amides is 2. The molecule has 3 aliphatic rings. The Bertz CT molecular complexity index is 585. The molecular weight excluding hydrogens is 326 g/mol. The van der Waals surface area contributed by atoms with Crippen LogP contribution < -0.4 is 10.8 Å². The molecule has 1 spiro atoms. The molecule has 2 fully saturated rings. The molecule has 0 radical (unpaired) electrons. The Morgan fingerprint density at radius 2 is 2.12 bits per heavy atom. The van der Waals surface area contributed by atoms with E-state index in [4.69, 9.17) is 9.94 Å². The third-order valence-corrected chi connectivity index (χ3v) is 5.15. The summed E-state index contributed by atoms with van der Waals surface area (Å²) in [6, 6.07) is 0. The average molecular weight is 351 g/mol. The number of nitrogens with zero attached hydrogens (tertiary/aromatic N) is 1. The number of carboxylic acids is 1. The van der Waals surface area contributed by atoms with E-state index in [1.165, 1.54) is 0 Å². The fraction of sp³-hybridized carbons (Fsp3) is 0.706. The van der Waals surface area contributed by atoms with Crippen molar-refractivity contribution in [2.45, 2.75) is 50.5 Å². The second-order valence-corrected chi connectivity index (χ2v) is 7.02. The molecule has 138 valence electrons. The molecule has 8 heteroatoms. The van der Waals surface area contributed by atoms with E-state index in [-0.39, 0.29) is 31.7 Å². The highest BCUT2D eigenvalue weighted by atomic mass is 16.7. The number of imide groups is 1. The second kappa shape index (κ2) is 7.53. The lowest BCUT2D eigenvalue weighted by Crippen LogP contribution is -2.41. The minimum Gasteiger partial charge on any atom is -0.481 e. The van der Waals surface area contributed by atoms with Gasteiger partial charge in [0.1, 0.15) is 0 Å². The van der Waals surface area contributed by atoms with Gasteiger partial charge in [-0.25, -0.2) is 0 Å². The van der Waals surface area contributed by atoms with Gasteiger partial charge in [0.2, 0.25) is 11.5 Å². The van der Waals surface area contributed by atoms with Crippen molar-refractivity contribution in [3.05, 3.63) is 11.8 Å². The van der Waals surface area contributed by atoms with Crippen LogP contribution in [0.4, 0.5) is 0 Å². The van der Waals surface area contributed by atoms with Crippen LogP contribution in [-0.2, 0) is 19.2 Å². The fourth-order valence-corrected chi connectivity index (χ4v) is 3.69. The predicted molar refractivity (Wildman–Crippen MR) is 88.1 cm³/mol. The average Bonchev–Trinajstić information content (AvgIpc) is 3.10. The summed E-state index contributed by atoms with van der Waals surface area (Å²) >= 11 is 0. The Morgan fingerprint density at radius 3 is 2.84 bits per heavy atom. The summed E-state index contributed by atoms with van der Waals surface area (Å²) in [5.74, 6) is -0.970. The molecule has 25 heavy (non-hydrogen) atoms. The molecule has 3 N–H and O–H groups in total. The fourth-order valence-electron chi connectivity index (χ4n) is 3.69. The number of hydrogen-bond donors (Lipinski definition) is 3. The summed E-state index contributed by atoms with van der Waals surface area (Å²) in [6.45, 7) is 2.22. The molecule has 3 aliphatic heterocycles. The molecule has 0 aliphatic carbocycles. The summed E-state index contributed by atoms with van der Waals surface area (Å²) in [7, 11) is 0. The lowest BCUT2D eigenvalue weighted by atomic mass is 9.92. The number of piperidine rings is 1. The summed E-state index contributed by atoms with van der Waals surface area (Å²) in [5.41, 5.74) is 2.43. The monoisotopic (exact) mass is 351 g/mol. The summed E-state index contributed by atoms with van der Waals surface area (Å²) in [5, 5.41) is 12.0. The maximum atomic E-state index is 12.6. The molecule has 3 rings (SSSR count). The number of carboxylic acid groups (broad SMARTS) is 1. The normalized spacial score (nSPS) is 27.0. The number of rotatable bonds is 7. The van der Waals surface area contributed by atoms with Crippen molar-refractivity contribution in [3.63, 3.8) is 0 Å². The van der Waals surface area contributed by atoms with E-state index in [2.05, 4.69) is 10.8 Å². The van der Waals surface area contributed by atoms with E-state index in [9.17, 15) is 14.4 Å². The van der Waals surface area contributed by atoms with Crippen molar-refractivity contribution >= 4 is 17.8 Å². The largest absolute Gasteiger partial charge is 0.481 e. The van der Waals surface area contributed by atoms with Crippen LogP contribution in [0.3, 0.4) is 0 Å². The number of aliphatic carboxylic acids is 1. The number of likely N-dealkylation sites (tertiary alicyclic amines) is 1. The highest BCUT2D eigenvalue weighted by molar-refractivity contribution is 6.09. The van der Waals surface area contributed by atoms with Crippen molar-refractivity contribution < 1.29 is 24.3 Å². The number of hydrogen-bond acceptors (Lipinski definition) is 6. The Kier molecular flexibility index (Phi) is 5.39. The number of allylic oxidation sites excluding steroid dienone is 1. The smallest absolute Gasteiger partial charge is 0.303 e. The van der Waals surface area contributed by atoms with Gasteiger partial charge >= 0.3 is 5.97 Å². The van der Waals surface area contributed by atoms with E-state index in [1.807, 2.05) is 0 Å². The van der Waals surface area contributed by atoms with Gasteiger partial charge in [-0.05, 0) is 57.2 Å². The van der Waals surface area contributed by atoms with Gasteiger partial charge < -0.3 is 10.4 Å². The maximum absolute atomic E-state index is 12.6. The van der Waals surface area contributed by atoms with Crippen LogP contribution >= 0.6 is 0 Å². The molecule has 0 saturated carbocycles. The quantitative estimate of drug-likeness (QED) is 0.575. The van der Waals surface area contributed by atoms with Gasteiger partial charge in [0.05, 0.1) is 6.42 Å². The van der Waals surface area contributed by atoms with Crippen LogP contribution in [0.2, 0.25) is 0 Å². The van der Waals surface area contributed by atoms with Crippen molar-refractivity contribution in [1.29, 1.82) is 0 Å². The molecule has 3 heterocycles. The van der Waals surface area contributed by atoms with Gasteiger partial charge in [0.25, 0.3) is 5.91 Å². The Labute approximate surface area is 146 Å². The zero-order valence-corrected chi connectivity index (χ0v) is 14.3. The van der Waals surface area contributed by atoms with Crippen LogP contribution in [0.15, 0.2) is 11.8 Å². The lowest BCUT2D eigenvalue weighted by Gasteiger charge is -2.22. The lowest BCUT2D eigenvalue weighted by molar-refractivity contribution is -0.149. The zero-order chi connectivity index (χ0) is 17.9. The van der Waals surface area contributed by atoms with Crippen LogP contribution in [0.1, 0.15) is 44.9 Å². The molecule has 0 aromatic heterocycles.